The summed E-state index contributed by atoms with van der Waals surface area (Å²) in [7, 11) is 3.57. The van der Waals surface area contributed by atoms with Gasteiger partial charge in [0.25, 0.3) is 0 Å². The topological polar surface area (TPSA) is 53.6 Å². The van der Waals surface area contributed by atoms with Crippen LogP contribution in [0, 0.1) is 0 Å². The zero-order valence-corrected chi connectivity index (χ0v) is 15.1. The highest BCUT2D eigenvalue weighted by Crippen LogP contribution is 2.30. The number of benzene rings is 1. The van der Waals surface area contributed by atoms with Gasteiger partial charge in [0.1, 0.15) is 5.75 Å². The molecule has 0 spiro atoms. The molecular formula is C18H26ClN3O2. The van der Waals surface area contributed by atoms with Crippen molar-refractivity contribution in [3.63, 3.8) is 0 Å². The molecular weight excluding hydrogens is 326 g/mol. The smallest absolute Gasteiger partial charge is 0.224 e. The Balaban J connectivity index is 1.49. The Bertz CT molecular complexity index is 584. The number of nitrogens with one attached hydrogen (secondary N) is 2. The highest BCUT2D eigenvalue weighted by Gasteiger charge is 2.36. The molecule has 2 saturated heterocycles. The molecule has 132 valence electrons. The van der Waals surface area contributed by atoms with Crippen LogP contribution in [0.1, 0.15) is 32.1 Å². The third-order valence-corrected chi connectivity index (χ3v) is 5.44. The zero-order valence-electron chi connectivity index (χ0n) is 14.3. The molecule has 2 N–H and O–H groups in total. The summed E-state index contributed by atoms with van der Waals surface area (Å²) >= 11 is 6.02. The first kappa shape index (κ1) is 17.4. The van der Waals surface area contributed by atoms with Gasteiger partial charge in [-0.2, -0.15) is 0 Å². The molecule has 1 aromatic carbocycles. The summed E-state index contributed by atoms with van der Waals surface area (Å²) < 4.78 is 5.31. The number of anilines is 1. The van der Waals surface area contributed by atoms with Gasteiger partial charge in [-0.25, -0.2) is 0 Å². The number of carbonyl (C=O) groups is 1. The number of piperidine rings is 1. The fraction of sp³-hybridized carbons (Fsp3) is 0.611. The van der Waals surface area contributed by atoms with E-state index in [1.54, 1.807) is 13.2 Å². The van der Waals surface area contributed by atoms with E-state index in [9.17, 15) is 4.79 Å². The zero-order chi connectivity index (χ0) is 17.1. The number of fused-ring (bicyclic) bond motifs is 2. The molecule has 1 aromatic rings. The Morgan fingerprint density at radius 1 is 1.38 bits per heavy atom. The number of halogens is 1. The van der Waals surface area contributed by atoms with E-state index in [1.165, 1.54) is 12.8 Å². The Kier molecular flexibility index (Phi) is 5.51. The van der Waals surface area contributed by atoms with Gasteiger partial charge in [-0.15, -0.1) is 0 Å². The van der Waals surface area contributed by atoms with E-state index in [0.29, 0.717) is 36.1 Å². The second-order valence-electron chi connectivity index (χ2n) is 6.79. The molecule has 2 unspecified atom stereocenters. The summed E-state index contributed by atoms with van der Waals surface area (Å²) in [6.07, 6.45) is 5.12. The van der Waals surface area contributed by atoms with Crippen LogP contribution in [0.3, 0.4) is 0 Å². The monoisotopic (exact) mass is 351 g/mol. The van der Waals surface area contributed by atoms with Crippen LogP contribution in [0.4, 0.5) is 5.69 Å². The molecule has 2 bridgehead atoms. The lowest BCUT2D eigenvalue weighted by molar-refractivity contribution is -0.132. The van der Waals surface area contributed by atoms with Crippen LogP contribution in [0.5, 0.6) is 5.75 Å². The molecule has 2 heterocycles. The first-order valence-electron chi connectivity index (χ1n) is 8.66. The molecule has 0 radical (unpaired) electrons. The molecule has 2 aliphatic rings. The predicted octanol–water partition coefficient (Wildman–Crippen LogP) is 2.89. The van der Waals surface area contributed by atoms with Crippen LogP contribution >= 0.6 is 11.6 Å². The number of rotatable bonds is 6. The van der Waals surface area contributed by atoms with Crippen LogP contribution in [-0.2, 0) is 4.79 Å². The van der Waals surface area contributed by atoms with Crippen molar-refractivity contribution in [3.8, 4) is 5.75 Å². The Morgan fingerprint density at radius 3 is 2.75 bits per heavy atom. The number of carbonyl (C=O) groups excluding carboxylic acids is 1. The van der Waals surface area contributed by atoms with Gasteiger partial charge in [0.2, 0.25) is 5.91 Å². The molecule has 2 aliphatic heterocycles. The van der Waals surface area contributed by atoms with E-state index in [4.69, 9.17) is 16.3 Å². The first-order chi connectivity index (χ1) is 11.6. The lowest BCUT2D eigenvalue weighted by atomic mass is 9.98. The summed E-state index contributed by atoms with van der Waals surface area (Å²) in [5, 5.41) is 7.52. The maximum absolute atomic E-state index is 12.5. The maximum Gasteiger partial charge on any atom is 0.224 e. The van der Waals surface area contributed by atoms with Gasteiger partial charge in [0.05, 0.1) is 12.8 Å². The minimum Gasteiger partial charge on any atom is -0.495 e. The number of nitrogens with zero attached hydrogens (tertiary/aromatic N) is 1. The molecule has 5 nitrogen and oxygen atoms in total. The normalized spacial score (nSPS) is 25.4. The van der Waals surface area contributed by atoms with Crippen molar-refractivity contribution in [2.75, 3.05) is 26.0 Å². The number of methoxy groups -OCH3 is 1. The van der Waals surface area contributed by atoms with Gasteiger partial charge in [0.15, 0.2) is 0 Å². The number of ether oxygens (including phenoxy) is 1. The van der Waals surface area contributed by atoms with Crippen LogP contribution in [0.15, 0.2) is 18.2 Å². The van der Waals surface area contributed by atoms with E-state index in [-0.39, 0.29) is 5.91 Å². The lowest BCUT2D eigenvalue weighted by Gasteiger charge is -2.35. The Hall–Kier alpha value is -1.46. The van der Waals surface area contributed by atoms with Gasteiger partial charge >= 0.3 is 0 Å². The van der Waals surface area contributed by atoms with Crippen molar-refractivity contribution in [1.82, 2.24) is 10.2 Å². The molecule has 6 heteroatoms. The van der Waals surface area contributed by atoms with E-state index in [1.807, 2.05) is 24.1 Å². The average Bonchev–Trinajstić information content (AvgIpc) is 2.92. The van der Waals surface area contributed by atoms with Gasteiger partial charge in [0, 0.05) is 43.2 Å². The van der Waals surface area contributed by atoms with Crippen LogP contribution in [-0.4, -0.2) is 49.6 Å². The van der Waals surface area contributed by atoms with Crippen molar-refractivity contribution in [3.05, 3.63) is 23.2 Å². The quantitative estimate of drug-likeness (QED) is 0.827. The summed E-state index contributed by atoms with van der Waals surface area (Å²) in [5.41, 5.74) is 0.820. The van der Waals surface area contributed by atoms with Crippen LogP contribution in [0.25, 0.3) is 0 Å². The fourth-order valence-electron chi connectivity index (χ4n) is 3.85. The van der Waals surface area contributed by atoms with E-state index in [2.05, 4.69) is 10.6 Å². The second-order valence-corrected chi connectivity index (χ2v) is 7.23. The van der Waals surface area contributed by atoms with Crippen molar-refractivity contribution in [1.29, 1.82) is 0 Å². The van der Waals surface area contributed by atoms with E-state index < -0.39 is 0 Å². The highest BCUT2D eigenvalue weighted by molar-refractivity contribution is 6.30. The van der Waals surface area contributed by atoms with Crippen molar-refractivity contribution >= 4 is 23.2 Å². The van der Waals surface area contributed by atoms with Crippen molar-refractivity contribution < 1.29 is 9.53 Å². The molecule has 24 heavy (non-hydrogen) atoms. The standard InChI is InChI=1S/C18H26ClN3O2/c1-22(15-10-13-4-5-14(11-15)21-13)18(23)7-8-20-16-9-12(19)3-6-17(16)24-2/h3,6,9,13-15,20-21H,4-5,7-8,10-11H2,1-2H3. The molecule has 2 atom stereocenters. The highest BCUT2D eigenvalue weighted by atomic mass is 35.5. The van der Waals surface area contributed by atoms with Gasteiger partial charge in [-0.05, 0) is 43.9 Å². The first-order valence-corrected chi connectivity index (χ1v) is 9.03. The van der Waals surface area contributed by atoms with Crippen molar-refractivity contribution in [2.45, 2.75) is 50.2 Å². The Labute approximate surface area is 148 Å². The molecule has 0 aliphatic carbocycles. The lowest BCUT2D eigenvalue weighted by Crippen LogP contribution is -2.48. The second kappa shape index (κ2) is 7.62. The average molecular weight is 352 g/mol. The van der Waals surface area contributed by atoms with Gasteiger partial charge < -0.3 is 20.3 Å². The minimum absolute atomic E-state index is 0.190. The largest absolute Gasteiger partial charge is 0.495 e. The van der Waals surface area contributed by atoms with Gasteiger partial charge in [-0.3, -0.25) is 4.79 Å². The van der Waals surface area contributed by atoms with Crippen LogP contribution < -0.4 is 15.4 Å². The molecule has 0 aromatic heterocycles. The molecule has 1 amide bonds. The molecule has 0 saturated carbocycles. The number of hydrogen-bond donors (Lipinski definition) is 2. The predicted molar refractivity (Wildman–Crippen MR) is 96.8 cm³/mol. The third kappa shape index (κ3) is 3.95. The van der Waals surface area contributed by atoms with E-state index in [0.717, 1.165) is 24.3 Å². The molecule has 3 rings (SSSR count). The molecule has 2 fully saturated rings. The van der Waals surface area contributed by atoms with Gasteiger partial charge in [-0.1, -0.05) is 11.6 Å². The minimum atomic E-state index is 0.190. The third-order valence-electron chi connectivity index (χ3n) is 5.21. The number of amides is 1. The Morgan fingerprint density at radius 2 is 2.08 bits per heavy atom. The van der Waals surface area contributed by atoms with Crippen LogP contribution in [0.2, 0.25) is 5.02 Å². The fourth-order valence-corrected chi connectivity index (χ4v) is 4.02. The van der Waals surface area contributed by atoms with Crippen molar-refractivity contribution in [2.24, 2.45) is 0 Å². The maximum atomic E-state index is 12.5. The summed E-state index contributed by atoms with van der Waals surface area (Å²) in [6.45, 7) is 0.567. The number of hydrogen-bond acceptors (Lipinski definition) is 4. The summed E-state index contributed by atoms with van der Waals surface area (Å²) in [5.74, 6) is 0.921. The summed E-state index contributed by atoms with van der Waals surface area (Å²) in [6, 6.07) is 6.99. The summed E-state index contributed by atoms with van der Waals surface area (Å²) in [4.78, 5) is 14.4. The van der Waals surface area contributed by atoms with E-state index >= 15 is 0 Å². The SMILES string of the molecule is COc1ccc(Cl)cc1NCCC(=O)N(C)C1CC2CCC(C1)N2.